The summed E-state index contributed by atoms with van der Waals surface area (Å²) in [7, 11) is 0. The number of carbonyl (C=O) groups is 1. The van der Waals surface area contributed by atoms with Crippen molar-refractivity contribution in [3.63, 3.8) is 0 Å². The van der Waals surface area contributed by atoms with Gasteiger partial charge in [0.1, 0.15) is 0 Å². The van der Waals surface area contributed by atoms with Crippen LogP contribution in [0.2, 0.25) is 0 Å². The van der Waals surface area contributed by atoms with E-state index in [4.69, 9.17) is 5.73 Å². The maximum atomic E-state index is 11.6. The van der Waals surface area contributed by atoms with Crippen molar-refractivity contribution in [2.45, 2.75) is 46.2 Å². The SMILES string of the molecule is Cc1cc(C)cc(C(C)NC(=O)CC(C)N)c1. The predicted octanol–water partition coefficient (Wildman–Crippen LogP) is 2.22. The highest BCUT2D eigenvalue weighted by molar-refractivity contribution is 5.77. The number of hydrogen-bond acceptors (Lipinski definition) is 2. The Hall–Kier alpha value is -1.35. The first-order valence-electron chi connectivity index (χ1n) is 6.01. The second-order valence-corrected chi connectivity index (χ2v) is 4.89. The highest BCUT2D eigenvalue weighted by atomic mass is 16.1. The topological polar surface area (TPSA) is 55.1 Å². The van der Waals surface area contributed by atoms with Gasteiger partial charge in [-0.15, -0.1) is 0 Å². The Morgan fingerprint density at radius 3 is 2.24 bits per heavy atom. The van der Waals surface area contributed by atoms with Gasteiger partial charge in [0.05, 0.1) is 6.04 Å². The standard InChI is InChI=1S/C14H22N2O/c1-9-5-10(2)7-13(6-9)12(4)16-14(17)8-11(3)15/h5-7,11-12H,8,15H2,1-4H3,(H,16,17). The molecule has 17 heavy (non-hydrogen) atoms. The lowest BCUT2D eigenvalue weighted by Gasteiger charge is -2.16. The van der Waals surface area contributed by atoms with Crippen molar-refractivity contribution in [1.82, 2.24) is 5.32 Å². The third kappa shape index (κ3) is 4.57. The number of amides is 1. The summed E-state index contributed by atoms with van der Waals surface area (Å²) < 4.78 is 0. The lowest BCUT2D eigenvalue weighted by atomic mass is 10.0. The molecule has 0 aliphatic carbocycles. The number of nitrogens with one attached hydrogen (secondary N) is 1. The lowest BCUT2D eigenvalue weighted by Crippen LogP contribution is -2.31. The zero-order chi connectivity index (χ0) is 13.0. The van der Waals surface area contributed by atoms with E-state index >= 15 is 0 Å². The van der Waals surface area contributed by atoms with Gasteiger partial charge in [0.2, 0.25) is 5.91 Å². The Morgan fingerprint density at radius 2 is 1.76 bits per heavy atom. The van der Waals surface area contributed by atoms with Gasteiger partial charge in [0.15, 0.2) is 0 Å². The van der Waals surface area contributed by atoms with E-state index in [0.717, 1.165) is 5.56 Å². The van der Waals surface area contributed by atoms with E-state index in [2.05, 4.69) is 37.4 Å². The van der Waals surface area contributed by atoms with Crippen LogP contribution >= 0.6 is 0 Å². The van der Waals surface area contributed by atoms with Gasteiger partial charge in [-0.05, 0) is 33.3 Å². The Labute approximate surface area is 103 Å². The minimum Gasteiger partial charge on any atom is -0.350 e. The van der Waals surface area contributed by atoms with Crippen LogP contribution in [-0.2, 0) is 4.79 Å². The van der Waals surface area contributed by atoms with E-state index in [1.165, 1.54) is 11.1 Å². The van der Waals surface area contributed by atoms with Crippen molar-refractivity contribution in [3.05, 3.63) is 34.9 Å². The molecule has 0 saturated carbocycles. The summed E-state index contributed by atoms with van der Waals surface area (Å²) in [4.78, 5) is 11.6. The van der Waals surface area contributed by atoms with E-state index in [0.29, 0.717) is 6.42 Å². The van der Waals surface area contributed by atoms with Gasteiger partial charge in [-0.25, -0.2) is 0 Å². The number of nitrogens with two attached hydrogens (primary N) is 1. The summed E-state index contributed by atoms with van der Waals surface area (Å²) in [5, 5.41) is 2.96. The normalized spacial score (nSPS) is 14.2. The summed E-state index contributed by atoms with van der Waals surface area (Å²) in [6.45, 7) is 7.95. The van der Waals surface area contributed by atoms with E-state index in [1.54, 1.807) is 0 Å². The van der Waals surface area contributed by atoms with Gasteiger partial charge in [-0.2, -0.15) is 0 Å². The molecule has 94 valence electrons. The molecule has 2 unspecified atom stereocenters. The highest BCUT2D eigenvalue weighted by Crippen LogP contribution is 2.16. The van der Waals surface area contributed by atoms with Crippen LogP contribution in [0.1, 0.15) is 43.0 Å². The van der Waals surface area contributed by atoms with Gasteiger partial charge in [-0.3, -0.25) is 4.79 Å². The molecule has 0 aliphatic heterocycles. The monoisotopic (exact) mass is 234 g/mol. The van der Waals surface area contributed by atoms with Crippen molar-refractivity contribution < 1.29 is 4.79 Å². The fourth-order valence-electron chi connectivity index (χ4n) is 1.94. The number of benzene rings is 1. The van der Waals surface area contributed by atoms with Crippen LogP contribution in [0.3, 0.4) is 0 Å². The fraction of sp³-hybridized carbons (Fsp3) is 0.500. The average Bonchev–Trinajstić information content (AvgIpc) is 2.14. The molecular formula is C14H22N2O. The first-order valence-corrected chi connectivity index (χ1v) is 6.01. The molecule has 0 fully saturated rings. The Kier molecular flexibility index (Phi) is 4.70. The molecule has 1 aromatic rings. The quantitative estimate of drug-likeness (QED) is 0.839. The van der Waals surface area contributed by atoms with Gasteiger partial charge in [0, 0.05) is 12.5 Å². The second-order valence-electron chi connectivity index (χ2n) is 4.89. The Morgan fingerprint density at radius 1 is 1.24 bits per heavy atom. The zero-order valence-corrected chi connectivity index (χ0v) is 11.1. The predicted molar refractivity (Wildman–Crippen MR) is 70.7 cm³/mol. The van der Waals surface area contributed by atoms with Crippen molar-refractivity contribution in [2.75, 3.05) is 0 Å². The molecule has 0 aliphatic rings. The van der Waals surface area contributed by atoms with Gasteiger partial charge in [0.25, 0.3) is 0 Å². The number of rotatable bonds is 4. The molecule has 0 spiro atoms. The lowest BCUT2D eigenvalue weighted by molar-refractivity contribution is -0.122. The molecular weight excluding hydrogens is 212 g/mol. The third-order valence-electron chi connectivity index (χ3n) is 2.63. The maximum absolute atomic E-state index is 11.6. The molecule has 1 amide bonds. The van der Waals surface area contributed by atoms with Crippen LogP contribution in [0.25, 0.3) is 0 Å². The maximum Gasteiger partial charge on any atom is 0.222 e. The minimum atomic E-state index is -0.0959. The Bertz CT molecular complexity index is 379. The van der Waals surface area contributed by atoms with E-state index in [9.17, 15) is 4.79 Å². The van der Waals surface area contributed by atoms with Crippen LogP contribution in [0, 0.1) is 13.8 Å². The highest BCUT2D eigenvalue weighted by Gasteiger charge is 2.11. The van der Waals surface area contributed by atoms with E-state index in [1.807, 2.05) is 13.8 Å². The molecule has 0 aromatic heterocycles. The van der Waals surface area contributed by atoms with Gasteiger partial charge in [-0.1, -0.05) is 29.3 Å². The first kappa shape index (κ1) is 13.7. The van der Waals surface area contributed by atoms with E-state index in [-0.39, 0.29) is 18.0 Å². The number of aryl methyl sites for hydroxylation is 2. The third-order valence-corrected chi connectivity index (χ3v) is 2.63. The zero-order valence-electron chi connectivity index (χ0n) is 11.1. The molecule has 0 bridgehead atoms. The molecule has 1 aromatic carbocycles. The number of carbonyl (C=O) groups excluding carboxylic acids is 1. The fourth-order valence-corrected chi connectivity index (χ4v) is 1.94. The summed E-state index contributed by atoms with van der Waals surface area (Å²) in [5.41, 5.74) is 9.17. The molecule has 0 heterocycles. The summed E-state index contributed by atoms with van der Waals surface area (Å²) in [5.74, 6) is 0.00617. The van der Waals surface area contributed by atoms with Crippen LogP contribution in [-0.4, -0.2) is 11.9 Å². The first-order chi connectivity index (χ1) is 7.88. The Balaban J connectivity index is 2.69. The van der Waals surface area contributed by atoms with Gasteiger partial charge >= 0.3 is 0 Å². The molecule has 0 radical (unpaired) electrons. The summed E-state index contributed by atoms with van der Waals surface area (Å²) >= 11 is 0. The molecule has 1 rings (SSSR count). The molecule has 3 N–H and O–H groups in total. The largest absolute Gasteiger partial charge is 0.350 e. The average molecular weight is 234 g/mol. The van der Waals surface area contributed by atoms with Crippen LogP contribution < -0.4 is 11.1 Å². The number of hydrogen-bond donors (Lipinski definition) is 2. The molecule has 3 heteroatoms. The van der Waals surface area contributed by atoms with Crippen molar-refractivity contribution in [2.24, 2.45) is 5.73 Å². The van der Waals surface area contributed by atoms with Crippen LogP contribution in [0.15, 0.2) is 18.2 Å². The van der Waals surface area contributed by atoms with Crippen molar-refractivity contribution in [3.8, 4) is 0 Å². The minimum absolute atomic E-state index is 0.00617. The molecule has 3 nitrogen and oxygen atoms in total. The second kappa shape index (κ2) is 5.82. The van der Waals surface area contributed by atoms with Crippen LogP contribution in [0.4, 0.5) is 0 Å². The molecule has 0 saturated heterocycles. The van der Waals surface area contributed by atoms with Crippen molar-refractivity contribution >= 4 is 5.91 Å². The summed E-state index contributed by atoms with van der Waals surface area (Å²) in [6, 6.07) is 6.26. The smallest absolute Gasteiger partial charge is 0.222 e. The van der Waals surface area contributed by atoms with Crippen LogP contribution in [0.5, 0.6) is 0 Å². The summed E-state index contributed by atoms with van der Waals surface area (Å²) in [6.07, 6.45) is 0.370. The molecule has 2 atom stereocenters. The van der Waals surface area contributed by atoms with Gasteiger partial charge < -0.3 is 11.1 Å². The van der Waals surface area contributed by atoms with Crippen molar-refractivity contribution in [1.29, 1.82) is 0 Å². The van der Waals surface area contributed by atoms with E-state index < -0.39 is 0 Å².